The maximum absolute atomic E-state index is 6.05. The second-order valence-electron chi connectivity index (χ2n) is 6.72. The lowest BCUT2D eigenvalue weighted by atomic mass is 9.87. The fourth-order valence-electron chi connectivity index (χ4n) is 4.09. The maximum Gasteiger partial charge on any atom is 0.134 e. The average molecular weight is 293 g/mol. The molecule has 1 aliphatic heterocycles. The van der Waals surface area contributed by atoms with Crippen LogP contribution in [0.3, 0.4) is 0 Å². The lowest BCUT2D eigenvalue weighted by Crippen LogP contribution is -2.33. The summed E-state index contributed by atoms with van der Waals surface area (Å²) in [6.45, 7) is 3.04. The number of benzene rings is 1. The normalized spacial score (nSPS) is 20.0. The van der Waals surface area contributed by atoms with Crippen LogP contribution in [0.1, 0.15) is 48.5 Å². The monoisotopic (exact) mass is 293 g/mol. The summed E-state index contributed by atoms with van der Waals surface area (Å²) in [6.07, 6.45) is 12.7. The van der Waals surface area contributed by atoms with Crippen molar-refractivity contribution in [2.75, 3.05) is 19.6 Å². The number of piperidine rings is 1. The molecule has 1 fully saturated rings. The third-order valence-corrected chi connectivity index (χ3v) is 5.35. The first kappa shape index (κ1) is 13.9. The van der Waals surface area contributed by atoms with Crippen molar-refractivity contribution in [1.82, 2.24) is 4.90 Å². The average Bonchev–Trinajstić information content (AvgIpc) is 2.94. The fraction of sp³-hybridized carbons (Fsp3) is 0.500. The third-order valence-electron chi connectivity index (χ3n) is 5.35. The van der Waals surface area contributed by atoms with Gasteiger partial charge in [0.05, 0.1) is 6.54 Å². The largest absolute Gasteiger partial charge is 0.461 e. The van der Waals surface area contributed by atoms with Crippen molar-refractivity contribution in [3.05, 3.63) is 35.1 Å². The van der Waals surface area contributed by atoms with Crippen LogP contribution in [0.2, 0.25) is 0 Å². The minimum atomic E-state index is 0.674. The third kappa shape index (κ3) is 2.44. The van der Waals surface area contributed by atoms with Crippen LogP contribution in [0, 0.1) is 12.3 Å². The van der Waals surface area contributed by atoms with E-state index in [1.165, 1.54) is 54.4 Å². The van der Waals surface area contributed by atoms with E-state index < -0.39 is 0 Å². The van der Waals surface area contributed by atoms with Crippen LogP contribution in [0.5, 0.6) is 0 Å². The summed E-state index contributed by atoms with van der Waals surface area (Å²) in [7, 11) is 0. The number of hydrogen-bond acceptors (Lipinski definition) is 2. The molecular weight excluding hydrogens is 270 g/mol. The van der Waals surface area contributed by atoms with Gasteiger partial charge in [-0.15, -0.1) is 6.42 Å². The predicted molar refractivity (Wildman–Crippen MR) is 90.1 cm³/mol. The molecule has 2 aliphatic rings. The molecular formula is C20H23NO. The number of terminal acetylenes is 1. The van der Waals surface area contributed by atoms with Crippen LogP contribution < -0.4 is 0 Å². The molecule has 2 nitrogen and oxygen atoms in total. The van der Waals surface area contributed by atoms with Crippen molar-refractivity contribution < 1.29 is 4.42 Å². The molecule has 22 heavy (non-hydrogen) atoms. The molecule has 2 heteroatoms. The van der Waals surface area contributed by atoms with E-state index in [0.29, 0.717) is 5.92 Å². The molecule has 0 radical (unpaired) electrons. The van der Waals surface area contributed by atoms with Gasteiger partial charge >= 0.3 is 0 Å². The number of nitrogens with zero attached hydrogens (tertiary/aromatic N) is 1. The second-order valence-corrected chi connectivity index (χ2v) is 6.72. The summed E-state index contributed by atoms with van der Waals surface area (Å²) in [6, 6.07) is 6.88. The molecule has 2 heterocycles. The van der Waals surface area contributed by atoms with Crippen molar-refractivity contribution in [3.8, 4) is 12.3 Å². The summed E-state index contributed by atoms with van der Waals surface area (Å²) in [5.41, 5.74) is 4.05. The highest BCUT2D eigenvalue weighted by Crippen LogP contribution is 2.35. The standard InChI is InChI=1S/C20H23NO/c1-2-11-21-12-9-15(10-13-21)16-7-8-20-18(14-16)17-5-3-4-6-19(17)22-20/h1,7-8,14-15H,3-6,9-13H2. The highest BCUT2D eigenvalue weighted by molar-refractivity contribution is 5.83. The minimum Gasteiger partial charge on any atom is -0.461 e. The zero-order valence-electron chi connectivity index (χ0n) is 13.1. The van der Waals surface area contributed by atoms with Gasteiger partial charge in [0.2, 0.25) is 0 Å². The van der Waals surface area contributed by atoms with Gasteiger partial charge in [0.1, 0.15) is 11.3 Å². The molecule has 0 saturated carbocycles. The summed E-state index contributed by atoms with van der Waals surface area (Å²) >= 11 is 0. The van der Waals surface area contributed by atoms with E-state index in [1.54, 1.807) is 0 Å². The summed E-state index contributed by atoms with van der Waals surface area (Å²) in [5, 5.41) is 1.37. The van der Waals surface area contributed by atoms with Crippen LogP contribution in [-0.2, 0) is 12.8 Å². The highest BCUT2D eigenvalue weighted by Gasteiger charge is 2.22. The zero-order chi connectivity index (χ0) is 14.9. The van der Waals surface area contributed by atoms with Gasteiger partial charge in [0.25, 0.3) is 0 Å². The molecule has 0 amide bonds. The Labute approximate surface area is 132 Å². The zero-order valence-corrected chi connectivity index (χ0v) is 13.1. The Kier molecular flexibility index (Phi) is 3.68. The lowest BCUT2D eigenvalue weighted by Gasteiger charge is -2.30. The number of hydrogen-bond donors (Lipinski definition) is 0. The van der Waals surface area contributed by atoms with Crippen LogP contribution in [-0.4, -0.2) is 24.5 Å². The van der Waals surface area contributed by atoms with E-state index in [2.05, 4.69) is 29.0 Å². The first-order valence-electron chi connectivity index (χ1n) is 8.55. The molecule has 0 bridgehead atoms. The molecule has 1 aromatic carbocycles. The Morgan fingerprint density at radius 1 is 1.18 bits per heavy atom. The highest BCUT2D eigenvalue weighted by atomic mass is 16.3. The van der Waals surface area contributed by atoms with Crippen LogP contribution in [0.15, 0.2) is 22.6 Å². The summed E-state index contributed by atoms with van der Waals surface area (Å²) in [4.78, 5) is 2.38. The van der Waals surface area contributed by atoms with E-state index in [0.717, 1.165) is 31.6 Å². The molecule has 0 N–H and O–H groups in total. The van der Waals surface area contributed by atoms with E-state index in [1.807, 2.05) is 0 Å². The summed E-state index contributed by atoms with van der Waals surface area (Å²) in [5.74, 6) is 4.67. The van der Waals surface area contributed by atoms with Crippen molar-refractivity contribution >= 4 is 11.0 Å². The first-order chi connectivity index (χ1) is 10.8. The van der Waals surface area contributed by atoms with E-state index in [9.17, 15) is 0 Å². The first-order valence-corrected chi connectivity index (χ1v) is 8.55. The minimum absolute atomic E-state index is 0.674. The molecule has 114 valence electrons. The molecule has 1 aromatic heterocycles. The molecule has 4 rings (SSSR count). The fourth-order valence-corrected chi connectivity index (χ4v) is 4.09. The number of rotatable bonds is 2. The quantitative estimate of drug-likeness (QED) is 0.774. The van der Waals surface area contributed by atoms with Gasteiger partial charge in [-0.3, -0.25) is 4.90 Å². The van der Waals surface area contributed by atoms with Gasteiger partial charge in [0.15, 0.2) is 0 Å². The molecule has 2 aromatic rings. The lowest BCUT2D eigenvalue weighted by molar-refractivity contribution is 0.236. The Morgan fingerprint density at radius 3 is 2.82 bits per heavy atom. The van der Waals surface area contributed by atoms with E-state index >= 15 is 0 Å². The van der Waals surface area contributed by atoms with E-state index in [-0.39, 0.29) is 0 Å². The Bertz CT molecular complexity index is 713. The Morgan fingerprint density at radius 2 is 2.00 bits per heavy atom. The van der Waals surface area contributed by atoms with Crippen molar-refractivity contribution in [1.29, 1.82) is 0 Å². The number of furan rings is 1. The molecule has 0 atom stereocenters. The van der Waals surface area contributed by atoms with Crippen molar-refractivity contribution in [2.24, 2.45) is 0 Å². The van der Waals surface area contributed by atoms with Crippen LogP contribution in [0.25, 0.3) is 11.0 Å². The summed E-state index contributed by atoms with van der Waals surface area (Å²) < 4.78 is 6.05. The van der Waals surface area contributed by atoms with Gasteiger partial charge in [-0.1, -0.05) is 12.0 Å². The predicted octanol–water partition coefficient (Wildman–Crippen LogP) is 4.12. The van der Waals surface area contributed by atoms with Gasteiger partial charge in [-0.25, -0.2) is 0 Å². The molecule has 0 spiro atoms. The Balaban J connectivity index is 1.59. The van der Waals surface area contributed by atoms with Crippen LogP contribution in [0.4, 0.5) is 0 Å². The van der Waals surface area contributed by atoms with Crippen LogP contribution >= 0.6 is 0 Å². The molecule has 1 aliphatic carbocycles. The number of likely N-dealkylation sites (tertiary alicyclic amines) is 1. The van der Waals surface area contributed by atoms with E-state index in [4.69, 9.17) is 10.8 Å². The second kappa shape index (κ2) is 5.82. The topological polar surface area (TPSA) is 16.4 Å². The smallest absolute Gasteiger partial charge is 0.134 e. The van der Waals surface area contributed by atoms with Gasteiger partial charge in [-0.05, 0) is 68.8 Å². The van der Waals surface area contributed by atoms with Gasteiger partial charge in [0, 0.05) is 17.4 Å². The maximum atomic E-state index is 6.05. The molecule has 0 unspecified atom stereocenters. The SMILES string of the molecule is C#CCN1CCC(c2ccc3oc4c(c3c2)CCCC4)CC1. The number of fused-ring (bicyclic) bond motifs is 3. The van der Waals surface area contributed by atoms with Gasteiger partial charge < -0.3 is 4.42 Å². The van der Waals surface area contributed by atoms with Crippen molar-refractivity contribution in [2.45, 2.75) is 44.4 Å². The van der Waals surface area contributed by atoms with Crippen molar-refractivity contribution in [3.63, 3.8) is 0 Å². The number of aryl methyl sites for hydroxylation is 2. The molecule has 1 saturated heterocycles. The Hall–Kier alpha value is -1.72. The van der Waals surface area contributed by atoms with Gasteiger partial charge in [-0.2, -0.15) is 0 Å².